The van der Waals surface area contributed by atoms with Gasteiger partial charge < -0.3 is 15.4 Å². The van der Waals surface area contributed by atoms with Crippen LogP contribution in [0, 0.1) is 6.92 Å². The quantitative estimate of drug-likeness (QED) is 0.292. The molecule has 0 aliphatic heterocycles. The molecule has 0 atom stereocenters. The van der Waals surface area contributed by atoms with Gasteiger partial charge >= 0.3 is 6.09 Å². The van der Waals surface area contributed by atoms with Gasteiger partial charge in [-0.2, -0.15) is 0 Å². The van der Waals surface area contributed by atoms with Crippen LogP contribution in [0.2, 0.25) is 0 Å². The van der Waals surface area contributed by atoms with E-state index >= 15 is 0 Å². The smallest absolute Gasteiger partial charge is 0.411 e. The molecule has 0 bridgehead atoms. The molecule has 0 aromatic heterocycles. The molecule has 2 aromatic carbocycles. The molecule has 0 saturated carbocycles. The number of halogens is 1. The second-order valence-corrected chi connectivity index (χ2v) is 8.45. The van der Waals surface area contributed by atoms with Crippen LogP contribution in [0.15, 0.2) is 52.4 Å². The van der Waals surface area contributed by atoms with Gasteiger partial charge in [-0.25, -0.2) is 13.2 Å². The van der Waals surface area contributed by atoms with Crippen molar-refractivity contribution in [2.75, 3.05) is 25.7 Å². The number of aliphatic imine (C=N–C) groups is 1. The standard InChI is InChI=1S/C20H26N4O4S.HI/c1-14-11-16(7-10-18(14)29(4,26)27)13-23-19(21-2)22-12-15-5-8-17(9-6-15)24-20(25)28-3;/h5-11H,12-13H2,1-4H3,(H,24,25)(H2,21,22,23);1H. The molecule has 164 valence electrons. The zero-order chi connectivity index (χ0) is 21.4. The first-order valence-corrected chi connectivity index (χ1v) is 10.8. The summed E-state index contributed by atoms with van der Waals surface area (Å²) in [5.41, 5.74) is 3.33. The number of aryl methyl sites for hydroxylation is 1. The minimum atomic E-state index is -3.22. The molecule has 10 heteroatoms. The van der Waals surface area contributed by atoms with Gasteiger partial charge in [0.05, 0.1) is 12.0 Å². The molecule has 0 saturated heterocycles. The number of ether oxygens (including phenoxy) is 1. The molecule has 8 nitrogen and oxygen atoms in total. The molecule has 2 aromatic rings. The van der Waals surface area contributed by atoms with Crippen molar-refractivity contribution >= 4 is 51.6 Å². The summed E-state index contributed by atoms with van der Waals surface area (Å²) >= 11 is 0. The number of methoxy groups -OCH3 is 1. The van der Waals surface area contributed by atoms with Crippen LogP contribution in [0.5, 0.6) is 0 Å². The first-order chi connectivity index (χ1) is 13.7. The highest BCUT2D eigenvalue weighted by molar-refractivity contribution is 14.0. The lowest BCUT2D eigenvalue weighted by Crippen LogP contribution is -2.36. The van der Waals surface area contributed by atoms with E-state index in [0.29, 0.717) is 29.6 Å². The second-order valence-electron chi connectivity index (χ2n) is 6.46. The summed E-state index contributed by atoms with van der Waals surface area (Å²) in [6.07, 6.45) is 0.692. The number of anilines is 1. The topological polar surface area (TPSA) is 109 Å². The Morgan fingerprint density at radius 3 is 2.10 bits per heavy atom. The third kappa shape index (κ3) is 7.82. The van der Waals surface area contributed by atoms with Gasteiger partial charge in [-0.3, -0.25) is 10.3 Å². The Bertz CT molecular complexity index is 992. The molecule has 0 spiro atoms. The maximum absolute atomic E-state index is 11.7. The molecular weight excluding hydrogens is 519 g/mol. The number of benzene rings is 2. The molecule has 30 heavy (non-hydrogen) atoms. The van der Waals surface area contributed by atoms with Crippen molar-refractivity contribution in [3.8, 4) is 0 Å². The lowest BCUT2D eigenvalue weighted by Gasteiger charge is -2.13. The Morgan fingerprint density at radius 2 is 1.60 bits per heavy atom. The number of nitrogens with zero attached hydrogens (tertiary/aromatic N) is 1. The lowest BCUT2D eigenvalue weighted by atomic mass is 10.1. The number of hydrogen-bond acceptors (Lipinski definition) is 5. The largest absolute Gasteiger partial charge is 0.453 e. The predicted octanol–water partition coefficient (Wildman–Crippen LogP) is 3.06. The van der Waals surface area contributed by atoms with Gasteiger partial charge in [-0.1, -0.05) is 24.3 Å². The SMILES string of the molecule is CN=C(NCc1ccc(NC(=O)OC)cc1)NCc1ccc(S(C)(=O)=O)c(C)c1.I. The highest BCUT2D eigenvalue weighted by Gasteiger charge is 2.11. The van der Waals surface area contributed by atoms with Gasteiger partial charge in [-0.15, -0.1) is 24.0 Å². The molecular formula is C20H27IN4O4S. The molecule has 1 amide bonds. The summed E-state index contributed by atoms with van der Waals surface area (Å²) in [7, 11) is -0.233. The van der Waals surface area contributed by atoms with Crippen molar-refractivity contribution in [3.05, 3.63) is 59.2 Å². The maximum atomic E-state index is 11.7. The van der Waals surface area contributed by atoms with Crippen LogP contribution >= 0.6 is 24.0 Å². The number of sulfone groups is 1. The van der Waals surface area contributed by atoms with E-state index in [1.54, 1.807) is 38.2 Å². The van der Waals surface area contributed by atoms with Crippen LogP contribution in [0.1, 0.15) is 16.7 Å². The number of carbonyl (C=O) groups is 1. The number of nitrogens with one attached hydrogen (secondary N) is 3. The number of amides is 1. The summed E-state index contributed by atoms with van der Waals surface area (Å²) in [5.74, 6) is 0.617. The fraction of sp³-hybridized carbons (Fsp3) is 0.300. The lowest BCUT2D eigenvalue weighted by molar-refractivity contribution is 0.187. The molecule has 0 fully saturated rings. The van der Waals surface area contributed by atoms with Crippen LogP contribution in [0.4, 0.5) is 10.5 Å². The molecule has 3 N–H and O–H groups in total. The maximum Gasteiger partial charge on any atom is 0.411 e. The highest BCUT2D eigenvalue weighted by atomic mass is 127. The van der Waals surface area contributed by atoms with Crippen LogP contribution in [0.3, 0.4) is 0 Å². The molecule has 0 unspecified atom stereocenters. The van der Waals surface area contributed by atoms with Crippen LogP contribution in [0.25, 0.3) is 0 Å². The molecule has 0 radical (unpaired) electrons. The van der Waals surface area contributed by atoms with Crippen molar-refractivity contribution in [2.45, 2.75) is 24.9 Å². The minimum Gasteiger partial charge on any atom is -0.453 e. The normalized spacial score (nSPS) is 11.3. The van der Waals surface area contributed by atoms with Gasteiger partial charge in [0.2, 0.25) is 0 Å². The van der Waals surface area contributed by atoms with E-state index in [2.05, 4.69) is 25.7 Å². The number of guanidine groups is 1. The van der Waals surface area contributed by atoms with Gasteiger partial charge in [0, 0.05) is 32.1 Å². The van der Waals surface area contributed by atoms with Crippen LogP contribution in [-0.2, 0) is 27.7 Å². The van der Waals surface area contributed by atoms with Crippen molar-refractivity contribution in [1.29, 1.82) is 0 Å². The Labute approximate surface area is 194 Å². The summed E-state index contributed by atoms with van der Waals surface area (Å²) in [6.45, 7) is 2.84. The van der Waals surface area contributed by atoms with Crippen LogP contribution < -0.4 is 16.0 Å². The van der Waals surface area contributed by atoms with E-state index in [0.717, 1.165) is 16.7 Å². The van der Waals surface area contributed by atoms with Gasteiger partial charge in [0.1, 0.15) is 0 Å². The van der Waals surface area contributed by atoms with Crippen molar-refractivity contribution in [1.82, 2.24) is 10.6 Å². The average Bonchev–Trinajstić information content (AvgIpc) is 2.68. The molecule has 0 aliphatic rings. The zero-order valence-electron chi connectivity index (χ0n) is 17.4. The number of hydrogen-bond donors (Lipinski definition) is 3. The van der Waals surface area contributed by atoms with Crippen LogP contribution in [-0.4, -0.2) is 40.9 Å². The Balaban J connectivity index is 0.00000450. The summed E-state index contributed by atoms with van der Waals surface area (Å²) < 4.78 is 28.0. The average molecular weight is 546 g/mol. The third-order valence-electron chi connectivity index (χ3n) is 4.17. The molecule has 0 heterocycles. The first-order valence-electron chi connectivity index (χ1n) is 8.91. The summed E-state index contributed by atoms with van der Waals surface area (Å²) in [5, 5.41) is 9.01. The summed E-state index contributed by atoms with van der Waals surface area (Å²) in [4.78, 5) is 15.7. The van der Waals surface area contributed by atoms with E-state index in [1.807, 2.05) is 18.2 Å². The van der Waals surface area contributed by atoms with Gasteiger partial charge in [0.15, 0.2) is 15.8 Å². The third-order valence-corrected chi connectivity index (χ3v) is 5.43. The van der Waals surface area contributed by atoms with Gasteiger partial charge in [0.25, 0.3) is 0 Å². The van der Waals surface area contributed by atoms with E-state index in [1.165, 1.54) is 13.4 Å². The van der Waals surface area contributed by atoms with E-state index in [-0.39, 0.29) is 24.0 Å². The Kier molecular flexibility index (Phi) is 10.1. The van der Waals surface area contributed by atoms with Gasteiger partial charge in [-0.05, 0) is 41.8 Å². The highest BCUT2D eigenvalue weighted by Crippen LogP contribution is 2.16. The van der Waals surface area contributed by atoms with E-state index in [9.17, 15) is 13.2 Å². The Morgan fingerprint density at radius 1 is 1.03 bits per heavy atom. The summed E-state index contributed by atoms with van der Waals surface area (Å²) in [6, 6.07) is 12.6. The monoisotopic (exact) mass is 546 g/mol. The minimum absolute atomic E-state index is 0. The second kappa shape index (κ2) is 11.7. The first kappa shape index (κ1) is 25.7. The van der Waals surface area contributed by atoms with E-state index in [4.69, 9.17) is 0 Å². The number of rotatable bonds is 6. The fourth-order valence-corrected chi connectivity index (χ4v) is 3.66. The Hall–Kier alpha value is -2.34. The zero-order valence-corrected chi connectivity index (χ0v) is 20.5. The molecule has 0 aliphatic carbocycles. The van der Waals surface area contributed by atoms with Crippen molar-refractivity contribution in [2.24, 2.45) is 4.99 Å². The fourth-order valence-electron chi connectivity index (χ4n) is 2.70. The van der Waals surface area contributed by atoms with E-state index < -0.39 is 15.9 Å². The van der Waals surface area contributed by atoms with Crippen molar-refractivity contribution < 1.29 is 17.9 Å². The number of carbonyl (C=O) groups excluding carboxylic acids is 1. The molecule has 2 rings (SSSR count). The predicted molar refractivity (Wildman–Crippen MR) is 129 cm³/mol. The van der Waals surface area contributed by atoms with Crippen molar-refractivity contribution in [3.63, 3.8) is 0 Å².